The van der Waals surface area contributed by atoms with Gasteiger partial charge in [0.1, 0.15) is 0 Å². The Balaban J connectivity index is 0.000000385. The molecule has 0 fully saturated rings. The van der Waals surface area contributed by atoms with Crippen LogP contribution in [0.2, 0.25) is 0 Å². The van der Waals surface area contributed by atoms with Crippen molar-refractivity contribution in [3.8, 4) is 0 Å². The van der Waals surface area contributed by atoms with Crippen LogP contribution in [0, 0.1) is 0 Å². The lowest BCUT2D eigenvalue weighted by molar-refractivity contribution is -0.131. The van der Waals surface area contributed by atoms with Crippen molar-refractivity contribution in [3.63, 3.8) is 0 Å². The van der Waals surface area contributed by atoms with Crippen molar-refractivity contribution >= 4 is 5.97 Å². The van der Waals surface area contributed by atoms with Crippen LogP contribution in [0.15, 0.2) is 43.0 Å². The van der Waals surface area contributed by atoms with E-state index in [-0.39, 0.29) is 6.61 Å². The van der Waals surface area contributed by atoms with Gasteiger partial charge in [-0.25, -0.2) is 4.79 Å². The Hall–Kier alpha value is -1.65. The third kappa shape index (κ3) is 7.73. The van der Waals surface area contributed by atoms with Gasteiger partial charge in [0, 0.05) is 12.5 Å². The van der Waals surface area contributed by atoms with Gasteiger partial charge in [0.05, 0.1) is 12.7 Å². The molecule has 4 nitrogen and oxygen atoms in total. The lowest BCUT2D eigenvalue weighted by atomic mass is 10.1. The molecule has 4 heteroatoms. The molecule has 0 aliphatic rings. The molecule has 0 aliphatic carbocycles. The molecule has 1 aromatic rings. The molecule has 1 unspecified atom stereocenters. The van der Waals surface area contributed by atoms with Gasteiger partial charge < -0.3 is 15.3 Å². The largest absolute Gasteiger partial charge is 0.478 e. The molecule has 0 radical (unpaired) electrons. The molecule has 3 N–H and O–H groups in total. The quantitative estimate of drug-likeness (QED) is 0.662. The molecule has 0 bridgehead atoms. The Bertz CT molecular complexity index is 308. The topological polar surface area (TPSA) is 77.8 Å². The maximum absolute atomic E-state index is 9.25. The van der Waals surface area contributed by atoms with Gasteiger partial charge in [-0.3, -0.25) is 0 Å². The fourth-order valence-corrected chi connectivity index (χ4v) is 0.951. The Morgan fingerprint density at radius 3 is 2.25 bits per heavy atom. The van der Waals surface area contributed by atoms with Gasteiger partial charge in [-0.1, -0.05) is 36.9 Å². The zero-order valence-electron chi connectivity index (χ0n) is 8.91. The van der Waals surface area contributed by atoms with Crippen molar-refractivity contribution < 1.29 is 20.1 Å². The van der Waals surface area contributed by atoms with Gasteiger partial charge in [0.2, 0.25) is 0 Å². The van der Waals surface area contributed by atoms with Crippen LogP contribution in [0.1, 0.15) is 5.56 Å². The average molecular weight is 224 g/mol. The minimum Gasteiger partial charge on any atom is -0.478 e. The van der Waals surface area contributed by atoms with Crippen LogP contribution in [-0.2, 0) is 11.2 Å². The normalized spacial score (nSPS) is 10.9. The minimum absolute atomic E-state index is 0.172. The van der Waals surface area contributed by atoms with Crippen LogP contribution in [0.25, 0.3) is 0 Å². The summed E-state index contributed by atoms with van der Waals surface area (Å²) < 4.78 is 0. The SMILES string of the molecule is C=CC(=O)O.OCC(O)Cc1ccccc1. The number of hydrogen-bond donors (Lipinski definition) is 3. The molecule has 0 heterocycles. The Morgan fingerprint density at radius 1 is 1.38 bits per heavy atom. The predicted molar refractivity (Wildman–Crippen MR) is 61.1 cm³/mol. The van der Waals surface area contributed by atoms with Crippen molar-refractivity contribution in [3.05, 3.63) is 48.6 Å². The standard InChI is InChI=1S/C9H12O2.C3H4O2/c10-7-9(11)6-8-4-2-1-3-5-8;1-2-3(4)5/h1-5,9-11H,6-7H2;2H,1H2,(H,4,5). The van der Waals surface area contributed by atoms with Gasteiger partial charge >= 0.3 is 5.97 Å². The van der Waals surface area contributed by atoms with Gasteiger partial charge in [0.25, 0.3) is 0 Å². The van der Waals surface area contributed by atoms with Gasteiger partial charge in [-0.05, 0) is 5.56 Å². The molecule has 88 valence electrons. The summed E-state index contributed by atoms with van der Waals surface area (Å²) >= 11 is 0. The molecule has 0 aliphatic heterocycles. The first-order valence-electron chi connectivity index (χ1n) is 4.78. The third-order valence-electron chi connectivity index (χ3n) is 1.70. The van der Waals surface area contributed by atoms with Crippen molar-refractivity contribution in [2.45, 2.75) is 12.5 Å². The number of hydrogen-bond acceptors (Lipinski definition) is 3. The van der Waals surface area contributed by atoms with Crippen LogP contribution in [-0.4, -0.2) is 34.0 Å². The Morgan fingerprint density at radius 2 is 1.88 bits per heavy atom. The summed E-state index contributed by atoms with van der Waals surface area (Å²) in [6.07, 6.45) is 0.731. The molecule has 16 heavy (non-hydrogen) atoms. The number of carboxylic acid groups (broad SMARTS) is 1. The van der Waals surface area contributed by atoms with E-state index in [1.807, 2.05) is 30.3 Å². The van der Waals surface area contributed by atoms with Crippen LogP contribution in [0.3, 0.4) is 0 Å². The summed E-state index contributed by atoms with van der Waals surface area (Å²) in [7, 11) is 0. The highest BCUT2D eigenvalue weighted by atomic mass is 16.4. The number of rotatable bonds is 4. The van der Waals surface area contributed by atoms with E-state index in [1.54, 1.807) is 0 Å². The fraction of sp³-hybridized carbons (Fsp3) is 0.250. The van der Waals surface area contributed by atoms with Crippen LogP contribution in [0.5, 0.6) is 0 Å². The highest BCUT2D eigenvalue weighted by Gasteiger charge is 2.01. The number of benzene rings is 1. The zero-order chi connectivity index (χ0) is 12.4. The molecule has 0 saturated heterocycles. The highest BCUT2D eigenvalue weighted by Crippen LogP contribution is 2.01. The van der Waals surface area contributed by atoms with E-state index in [2.05, 4.69) is 6.58 Å². The molecule has 0 spiro atoms. The van der Waals surface area contributed by atoms with E-state index in [0.29, 0.717) is 6.42 Å². The van der Waals surface area contributed by atoms with E-state index < -0.39 is 12.1 Å². The Kier molecular flexibility index (Phi) is 7.75. The summed E-state index contributed by atoms with van der Waals surface area (Å²) in [6.45, 7) is 2.79. The second-order valence-electron chi connectivity index (χ2n) is 3.07. The van der Waals surface area contributed by atoms with Gasteiger partial charge in [0.15, 0.2) is 0 Å². The van der Waals surface area contributed by atoms with E-state index in [0.717, 1.165) is 11.6 Å². The molecule has 0 aromatic heterocycles. The lowest BCUT2D eigenvalue weighted by Gasteiger charge is -2.05. The first-order valence-corrected chi connectivity index (χ1v) is 4.78. The number of carbonyl (C=O) groups is 1. The fourth-order valence-electron chi connectivity index (χ4n) is 0.951. The van der Waals surface area contributed by atoms with Gasteiger partial charge in [-0.2, -0.15) is 0 Å². The van der Waals surface area contributed by atoms with Crippen molar-refractivity contribution in [1.29, 1.82) is 0 Å². The molecular weight excluding hydrogens is 208 g/mol. The molecule has 1 rings (SSSR count). The molecule has 0 amide bonds. The van der Waals surface area contributed by atoms with Crippen molar-refractivity contribution in [2.75, 3.05) is 6.61 Å². The smallest absolute Gasteiger partial charge is 0.327 e. The van der Waals surface area contributed by atoms with E-state index in [4.69, 9.17) is 15.3 Å². The van der Waals surface area contributed by atoms with Crippen LogP contribution >= 0.6 is 0 Å². The minimum atomic E-state index is -0.981. The zero-order valence-corrected chi connectivity index (χ0v) is 8.91. The lowest BCUT2D eigenvalue weighted by Crippen LogP contribution is -2.14. The van der Waals surface area contributed by atoms with Crippen LogP contribution in [0.4, 0.5) is 0 Å². The molecule has 1 aromatic carbocycles. The number of carboxylic acids is 1. The molecule has 0 saturated carbocycles. The number of aliphatic hydroxyl groups excluding tert-OH is 2. The third-order valence-corrected chi connectivity index (χ3v) is 1.70. The predicted octanol–water partition coefficient (Wildman–Crippen LogP) is 0.839. The summed E-state index contributed by atoms with van der Waals surface area (Å²) in [5.41, 5.74) is 1.05. The average Bonchev–Trinajstić information content (AvgIpc) is 2.31. The van der Waals surface area contributed by atoms with Crippen molar-refractivity contribution in [2.24, 2.45) is 0 Å². The Labute approximate surface area is 94.5 Å². The molecule has 1 atom stereocenters. The highest BCUT2D eigenvalue weighted by molar-refractivity contribution is 5.78. The van der Waals surface area contributed by atoms with E-state index >= 15 is 0 Å². The number of aliphatic hydroxyl groups is 2. The van der Waals surface area contributed by atoms with E-state index in [1.165, 1.54) is 0 Å². The first kappa shape index (κ1) is 14.4. The summed E-state index contributed by atoms with van der Waals surface area (Å²) in [5.74, 6) is -0.981. The summed E-state index contributed by atoms with van der Waals surface area (Å²) in [6, 6.07) is 9.62. The second kappa shape index (κ2) is 8.64. The first-order chi connectivity index (χ1) is 7.60. The summed E-state index contributed by atoms with van der Waals surface area (Å²) in [4.78, 5) is 9.25. The maximum Gasteiger partial charge on any atom is 0.327 e. The molecular formula is C12H16O4. The number of aliphatic carboxylic acids is 1. The van der Waals surface area contributed by atoms with Gasteiger partial charge in [-0.15, -0.1) is 0 Å². The van der Waals surface area contributed by atoms with E-state index in [9.17, 15) is 4.79 Å². The van der Waals surface area contributed by atoms with Crippen LogP contribution < -0.4 is 0 Å². The van der Waals surface area contributed by atoms with Crippen molar-refractivity contribution in [1.82, 2.24) is 0 Å². The monoisotopic (exact) mass is 224 g/mol. The maximum atomic E-state index is 9.25. The second-order valence-corrected chi connectivity index (χ2v) is 3.07. The summed E-state index contributed by atoms with van der Waals surface area (Å²) in [5, 5.41) is 25.2.